The van der Waals surface area contributed by atoms with Crippen molar-refractivity contribution in [3.63, 3.8) is 0 Å². The number of para-hydroxylation sites is 1. The van der Waals surface area contributed by atoms with E-state index in [4.69, 9.17) is 4.74 Å². The van der Waals surface area contributed by atoms with E-state index < -0.39 is 5.97 Å². The minimum absolute atomic E-state index is 0.272. The summed E-state index contributed by atoms with van der Waals surface area (Å²) in [5.74, 6) is -0.602. The van der Waals surface area contributed by atoms with Crippen molar-refractivity contribution in [2.24, 2.45) is 0 Å². The Balaban J connectivity index is 1.63. The fourth-order valence-corrected chi connectivity index (χ4v) is 3.55. The Kier molecular flexibility index (Phi) is 6.40. The molecule has 0 saturated carbocycles. The van der Waals surface area contributed by atoms with Crippen molar-refractivity contribution in [1.82, 2.24) is 4.57 Å². The Labute approximate surface area is 177 Å². The number of esters is 1. The highest BCUT2D eigenvalue weighted by molar-refractivity contribution is 5.96. The molecular weight excluding hydrogens is 376 g/mol. The highest BCUT2D eigenvalue weighted by Gasteiger charge is 2.15. The first-order valence-corrected chi connectivity index (χ1v) is 10.1. The van der Waals surface area contributed by atoms with E-state index in [2.05, 4.69) is 35.9 Å². The fourth-order valence-electron chi connectivity index (χ4n) is 3.55. The van der Waals surface area contributed by atoms with Crippen molar-refractivity contribution in [3.05, 3.63) is 82.7 Å². The number of hydrogen-bond donors (Lipinski definition) is 1. The fraction of sp³-hybridized carbons (Fsp3) is 0.280. The van der Waals surface area contributed by atoms with Gasteiger partial charge in [-0.05, 0) is 74.2 Å². The molecule has 0 aliphatic heterocycles. The van der Waals surface area contributed by atoms with Crippen molar-refractivity contribution in [1.29, 1.82) is 0 Å². The first-order valence-electron chi connectivity index (χ1n) is 10.1. The van der Waals surface area contributed by atoms with Crippen LogP contribution in [-0.2, 0) is 9.53 Å². The number of anilines is 1. The van der Waals surface area contributed by atoms with Crippen LogP contribution in [0.25, 0.3) is 5.69 Å². The van der Waals surface area contributed by atoms with Gasteiger partial charge in [0, 0.05) is 22.8 Å². The zero-order valence-corrected chi connectivity index (χ0v) is 18.2. The van der Waals surface area contributed by atoms with E-state index in [1.807, 2.05) is 51.1 Å². The lowest BCUT2D eigenvalue weighted by Crippen LogP contribution is -2.22. The molecule has 0 radical (unpaired) electrons. The zero-order valence-electron chi connectivity index (χ0n) is 18.2. The third-order valence-corrected chi connectivity index (χ3v) is 5.16. The maximum Gasteiger partial charge on any atom is 0.338 e. The van der Waals surface area contributed by atoms with E-state index in [-0.39, 0.29) is 18.4 Å². The Hall–Kier alpha value is -3.34. The molecule has 1 aromatic heterocycles. The number of rotatable bonds is 6. The van der Waals surface area contributed by atoms with Gasteiger partial charge in [0.2, 0.25) is 0 Å². The summed E-state index contributed by atoms with van der Waals surface area (Å²) < 4.78 is 7.33. The molecule has 1 heterocycles. The predicted octanol–water partition coefficient (Wildman–Crippen LogP) is 5.32. The molecule has 0 unspecified atom stereocenters. The van der Waals surface area contributed by atoms with Gasteiger partial charge < -0.3 is 14.6 Å². The summed E-state index contributed by atoms with van der Waals surface area (Å²) in [7, 11) is 0. The quantitative estimate of drug-likeness (QED) is 0.566. The number of hydrogen-bond acceptors (Lipinski definition) is 3. The van der Waals surface area contributed by atoms with Gasteiger partial charge in [-0.25, -0.2) is 4.79 Å². The van der Waals surface area contributed by atoms with Crippen LogP contribution in [0.1, 0.15) is 52.6 Å². The number of aryl methyl sites for hydroxylation is 3. The summed E-state index contributed by atoms with van der Waals surface area (Å²) in [5.41, 5.74) is 6.45. The lowest BCUT2D eigenvalue weighted by atomic mass is 9.98. The van der Waals surface area contributed by atoms with Crippen molar-refractivity contribution in [2.45, 2.75) is 40.5 Å². The number of ether oxygens (including phenoxy) is 1. The average Bonchev–Trinajstić information content (AvgIpc) is 3.05. The standard InChI is InChI=1S/C25H28N2O3/c1-16(2)22-8-6-7-17(3)24(22)26-23(28)15-30-25(29)20-11-13-21(14-12-20)27-18(4)9-10-19(27)5/h6-14,16H,15H2,1-5H3,(H,26,28). The molecule has 0 bridgehead atoms. The van der Waals surface area contributed by atoms with Gasteiger partial charge in [-0.15, -0.1) is 0 Å². The summed E-state index contributed by atoms with van der Waals surface area (Å²) in [6.45, 7) is 9.83. The van der Waals surface area contributed by atoms with E-state index in [1.54, 1.807) is 12.1 Å². The number of nitrogens with zero attached hydrogens (tertiary/aromatic N) is 1. The maximum atomic E-state index is 12.4. The van der Waals surface area contributed by atoms with Crippen molar-refractivity contribution in [3.8, 4) is 5.69 Å². The molecule has 2 aromatic carbocycles. The number of nitrogens with one attached hydrogen (secondary N) is 1. The van der Waals surface area contributed by atoms with Gasteiger partial charge in [0.15, 0.2) is 6.61 Å². The molecule has 0 atom stereocenters. The van der Waals surface area contributed by atoms with Gasteiger partial charge in [0.05, 0.1) is 5.56 Å². The second kappa shape index (κ2) is 8.99. The SMILES string of the molecule is Cc1cccc(C(C)C)c1NC(=O)COC(=O)c1ccc(-n2c(C)ccc2C)cc1. The van der Waals surface area contributed by atoms with E-state index in [1.165, 1.54) is 0 Å². The first-order chi connectivity index (χ1) is 14.3. The molecule has 1 N–H and O–H groups in total. The van der Waals surface area contributed by atoms with Gasteiger partial charge in [-0.2, -0.15) is 0 Å². The molecule has 5 nitrogen and oxygen atoms in total. The number of amides is 1. The number of carbonyl (C=O) groups is 2. The summed E-state index contributed by atoms with van der Waals surface area (Å²) in [5, 5.41) is 2.89. The lowest BCUT2D eigenvalue weighted by molar-refractivity contribution is -0.119. The summed E-state index contributed by atoms with van der Waals surface area (Å²) >= 11 is 0. The van der Waals surface area contributed by atoms with Crippen LogP contribution >= 0.6 is 0 Å². The van der Waals surface area contributed by atoms with Crippen molar-refractivity contribution < 1.29 is 14.3 Å². The Morgan fingerprint density at radius 1 is 0.933 bits per heavy atom. The lowest BCUT2D eigenvalue weighted by Gasteiger charge is -2.16. The summed E-state index contributed by atoms with van der Waals surface area (Å²) in [4.78, 5) is 24.7. The second-order valence-electron chi connectivity index (χ2n) is 7.82. The molecule has 3 rings (SSSR count). The van der Waals surface area contributed by atoms with Gasteiger partial charge in [0.25, 0.3) is 5.91 Å². The Morgan fingerprint density at radius 2 is 1.57 bits per heavy atom. The summed E-state index contributed by atoms with van der Waals surface area (Å²) in [6.07, 6.45) is 0. The van der Waals surface area contributed by atoms with Crippen LogP contribution in [0.5, 0.6) is 0 Å². The molecule has 1 amide bonds. The zero-order chi connectivity index (χ0) is 21.8. The van der Waals surface area contributed by atoms with Crippen molar-refractivity contribution in [2.75, 3.05) is 11.9 Å². The molecule has 0 saturated heterocycles. The minimum Gasteiger partial charge on any atom is -0.452 e. The first kappa shape index (κ1) is 21.4. The van der Waals surface area contributed by atoms with Crippen molar-refractivity contribution >= 4 is 17.6 Å². The topological polar surface area (TPSA) is 60.3 Å². The molecule has 0 aliphatic rings. The molecule has 30 heavy (non-hydrogen) atoms. The monoisotopic (exact) mass is 404 g/mol. The van der Waals surface area contributed by atoms with Gasteiger partial charge in [0.1, 0.15) is 0 Å². The van der Waals surface area contributed by atoms with Crippen LogP contribution in [0, 0.1) is 20.8 Å². The predicted molar refractivity (Wildman–Crippen MR) is 119 cm³/mol. The van der Waals surface area contributed by atoms with Crippen LogP contribution in [0.3, 0.4) is 0 Å². The highest BCUT2D eigenvalue weighted by Crippen LogP contribution is 2.27. The molecule has 156 valence electrons. The molecule has 0 spiro atoms. The Morgan fingerprint density at radius 3 is 2.17 bits per heavy atom. The normalized spacial score (nSPS) is 10.9. The number of carbonyl (C=O) groups excluding carboxylic acids is 2. The summed E-state index contributed by atoms with van der Waals surface area (Å²) in [6, 6.07) is 17.2. The van der Waals surface area contributed by atoms with Gasteiger partial charge in [-0.3, -0.25) is 4.79 Å². The molecule has 0 aliphatic carbocycles. The third-order valence-electron chi connectivity index (χ3n) is 5.16. The van der Waals surface area contributed by atoms with E-state index in [9.17, 15) is 9.59 Å². The van der Waals surface area contributed by atoms with Crippen LogP contribution in [0.15, 0.2) is 54.6 Å². The second-order valence-corrected chi connectivity index (χ2v) is 7.82. The largest absolute Gasteiger partial charge is 0.452 e. The van der Waals surface area contributed by atoms with E-state index >= 15 is 0 Å². The molecule has 0 fully saturated rings. The number of aromatic nitrogens is 1. The molecular formula is C25H28N2O3. The van der Waals surface area contributed by atoms with Gasteiger partial charge >= 0.3 is 5.97 Å². The minimum atomic E-state index is -0.522. The molecule has 3 aromatic rings. The average molecular weight is 405 g/mol. The molecule has 5 heteroatoms. The van der Waals surface area contributed by atoms with Gasteiger partial charge in [-0.1, -0.05) is 32.0 Å². The Bertz CT molecular complexity index is 1040. The number of benzene rings is 2. The van der Waals surface area contributed by atoms with Crippen LogP contribution in [0.4, 0.5) is 5.69 Å². The van der Waals surface area contributed by atoms with Crippen LogP contribution < -0.4 is 5.32 Å². The maximum absolute atomic E-state index is 12.4. The smallest absolute Gasteiger partial charge is 0.338 e. The van der Waals surface area contributed by atoms with E-state index in [0.29, 0.717) is 5.56 Å². The highest BCUT2D eigenvalue weighted by atomic mass is 16.5. The van der Waals surface area contributed by atoms with E-state index in [0.717, 1.165) is 33.9 Å². The van der Waals surface area contributed by atoms with Crippen LogP contribution in [-0.4, -0.2) is 23.1 Å². The van der Waals surface area contributed by atoms with Crippen LogP contribution in [0.2, 0.25) is 0 Å². The third kappa shape index (κ3) is 4.62.